The summed E-state index contributed by atoms with van der Waals surface area (Å²) in [6.45, 7) is 28.5. The number of hydrogen-bond acceptors (Lipinski definition) is 2. The summed E-state index contributed by atoms with van der Waals surface area (Å²) in [6.07, 6.45) is 5.55. The van der Waals surface area contributed by atoms with Crippen molar-refractivity contribution in [2.24, 2.45) is 34.5 Å². The highest BCUT2D eigenvalue weighted by Crippen LogP contribution is 2.41. The minimum atomic E-state index is 0.438. The summed E-state index contributed by atoms with van der Waals surface area (Å²) in [5.74, 6) is 3.41. The molecule has 2 saturated heterocycles. The van der Waals surface area contributed by atoms with E-state index in [1.807, 2.05) is 0 Å². The third-order valence-electron chi connectivity index (χ3n) is 7.58. The molecule has 0 N–H and O–H groups in total. The molecular formula is C25H50N2. The van der Waals surface area contributed by atoms with Gasteiger partial charge in [0.25, 0.3) is 0 Å². The van der Waals surface area contributed by atoms with Crippen LogP contribution in [-0.2, 0) is 0 Å². The largest absolute Gasteiger partial charge is 0.303 e. The Hall–Kier alpha value is -0.0800. The Kier molecular flexibility index (Phi) is 7.87. The van der Waals surface area contributed by atoms with Crippen LogP contribution >= 0.6 is 0 Å². The van der Waals surface area contributed by atoms with Crippen molar-refractivity contribution in [2.45, 2.75) is 94.0 Å². The molecule has 0 spiro atoms. The fraction of sp³-hybridized carbons (Fsp3) is 1.00. The second-order valence-electron chi connectivity index (χ2n) is 12.4. The lowest BCUT2D eigenvalue weighted by molar-refractivity contribution is 0.0167. The minimum absolute atomic E-state index is 0.438. The summed E-state index contributed by atoms with van der Waals surface area (Å²) in [6, 6.07) is 0.736. The number of nitrogens with zero attached hydrogens (tertiary/aromatic N) is 2. The van der Waals surface area contributed by atoms with E-state index in [1.54, 1.807) is 0 Å². The van der Waals surface area contributed by atoms with Crippen LogP contribution in [0.4, 0.5) is 0 Å². The van der Waals surface area contributed by atoms with Gasteiger partial charge in [-0.15, -0.1) is 0 Å². The lowest BCUT2D eigenvalue weighted by Gasteiger charge is -2.47. The van der Waals surface area contributed by atoms with Gasteiger partial charge in [-0.3, -0.25) is 0 Å². The van der Waals surface area contributed by atoms with E-state index in [2.05, 4.69) is 72.1 Å². The first-order chi connectivity index (χ1) is 12.4. The van der Waals surface area contributed by atoms with Crippen molar-refractivity contribution in [3.05, 3.63) is 0 Å². The van der Waals surface area contributed by atoms with Gasteiger partial charge >= 0.3 is 0 Å². The zero-order chi connectivity index (χ0) is 20.4. The maximum absolute atomic E-state index is 2.81. The number of likely N-dealkylation sites (tertiary alicyclic amines) is 2. The van der Waals surface area contributed by atoms with Gasteiger partial charge in [0.1, 0.15) is 0 Å². The average molecular weight is 379 g/mol. The van der Waals surface area contributed by atoms with Crippen LogP contribution in [0.1, 0.15) is 88.0 Å². The number of rotatable bonds is 5. The van der Waals surface area contributed by atoms with E-state index in [1.165, 1.54) is 58.4 Å². The molecule has 2 rings (SSSR count). The predicted molar refractivity (Wildman–Crippen MR) is 120 cm³/mol. The zero-order valence-electron chi connectivity index (χ0n) is 20.1. The minimum Gasteiger partial charge on any atom is -0.303 e. The molecule has 0 radical (unpaired) electrons. The quantitative estimate of drug-likeness (QED) is 0.565. The Morgan fingerprint density at radius 3 is 1.89 bits per heavy atom. The SMILES string of the molecule is CC(C)CN1CCC(C(C)(C)C)C(CC(C)N2CCC(C(C)(C)C)CC2)C1. The summed E-state index contributed by atoms with van der Waals surface area (Å²) in [5.41, 5.74) is 0.918. The summed E-state index contributed by atoms with van der Waals surface area (Å²) in [5, 5.41) is 0. The van der Waals surface area contributed by atoms with Gasteiger partial charge in [-0.05, 0) is 86.7 Å². The third kappa shape index (κ3) is 6.74. The molecule has 2 heterocycles. The molecule has 3 unspecified atom stereocenters. The molecule has 2 nitrogen and oxygen atoms in total. The zero-order valence-corrected chi connectivity index (χ0v) is 20.1. The summed E-state index contributed by atoms with van der Waals surface area (Å²) in [7, 11) is 0. The predicted octanol–water partition coefficient (Wildman–Crippen LogP) is 6.16. The highest BCUT2D eigenvalue weighted by atomic mass is 15.2. The Balaban J connectivity index is 1.96. The number of hydrogen-bond donors (Lipinski definition) is 0. The Bertz CT molecular complexity index is 434. The fourth-order valence-electron chi connectivity index (χ4n) is 5.96. The first-order valence-corrected chi connectivity index (χ1v) is 11.8. The first kappa shape index (κ1) is 23.2. The summed E-state index contributed by atoms with van der Waals surface area (Å²) < 4.78 is 0. The second kappa shape index (κ2) is 9.16. The van der Waals surface area contributed by atoms with E-state index in [4.69, 9.17) is 0 Å². The van der Waals surface area contributed by atoms with Crippen LogP contribution < -0.4 is 0 Å². The molecule has 2 fully saturated rings. The second-order valence-corrected chi connectivity index (χ2v) is 12.4. The van der Waals surface area contributed by atoms with Gasteiger partial charge in [-0.25, -0.2) is 0 Å². The molecule has 27 heavy (non-hydrogen) atoms. The van der Waals surface area contributed by atoms with Crippen LogP contribution in [0.3, 0.4) is 0 Å². The van der Waals surface area contributed by atoms with E-state index in [9.17, 15) is 0 Å². The Morgan fingerprint density at radius 2 is 1.41 bits per heavy atom. The Labute approximate surface area is 171 Å². The van der Waals surface area contributed by atoms with Crippen molar-refractivity contribution in [3.8, 4) is 0 Å². The van der Waals surface area contributed by atoms with Crippen LogP contribution in [0.5, 0.6) is 0 Å². The molecule has 0 bridgehead atoms. The van der Waals surface area contributed by atoms with E-state index in [0.29, 0.717) is 10.8 Å². The molecule has 2 heteroatoms. The van der Waals surface area contributed by atoms with E-state index >= 15 is 0 Å². The monoisotopic (exact) mass is 378 g/mol. The van der Waals surface area contributed by atoms with Crippen LogP contribution in [0.2, 0.25) is 0 Å². The molecule has 2 aliphatic heterocycles. The average Bonchev–Trinajstić information content (AvgIpc) is 2.52. The molecular weight excluding hydrogens is 328 g/mol. The highest BCUT2D eigenvalue weighted by molar-refractivity contribution is 4.90. The van der Waals surface area contributed by atoms with Crippen LogP contribution in [0, 0.1) is 34.5 Å². The van der Waals surface area contributed by atoms with Gasteiger partial charge in [-0.1, -0.05) is 55.4 Å². The van der Waals surface area contributed by atoms with Crippen molar-refractivity contribution in [2.75, 3.05) is 32.7 Å². The van der Waals surface area contributed by atoms with Gasteiger partial charge < -0.3 is 9.80 Å². The maximum atomic E-state index is 2.81. The molecule has 3 atom stereocenters. The van der Waals surface area contributed by atoms with Crippen molar-refractivity contribution >= 4 is 0 Å². The fourth-order valence-corrected chi connectivity index (χ4v) is 5.96. The Morgan fingerprint density at radius 1 is 0.815 bits per heavy atom. The van der Waals surface area contributed by atoms with Gasteiger partial charge in [-0.2, -0.15) is 0 Å². The molecule has 0 aliphatic carbocycles. The lowest BCUT2D eigenvalue weighted by Crippen LogP contribution is -2.49. The van der Waals surface area contributed by atoms with Crippen LogP contribution in [0.25, 0.3) is 0 Å². The first-order valence-electron chi connectivity index (χ1n) is 11.8. The highest BCUT2D eigenvalue weighted by Gasteiger charge is 2.38. The molecule has 0 aromatic heterocycles. The molecule has 0 amide bonds. The van der Waals surface area contributed by atoms with E-state index in [-0.39, 0.29) is 0 Å². The van der Waals surface area contributed by atoms with Crippen molar-refractivity contribution in [3.63, 3.8) is 0 Å². The third-order valence-corrected chi connectivity index (χ3v) is 7.58. The number of piperidine rings is 2. The molecule has 0 aromatic rings. The van der Waals surface area contributed by atoms with Gasteiger partial charge in [0.15, 0.2) is 0 Å². The van der Waals surface area contributed by atoms with Crippen LogP contribution in [-0.4, -0.2) is 48.6 Å². The van der Waals surface area contributed by atoms with Crippen molar-refractivity contribution in [1.29, 1.82) is 0 Å². The van der Waals surface area contributed by atoms with Crippen molar-refractivity contribution in [1.82, 2.24) is 9.80 Å². The maximum Gasteiger partial charge on any atom is 0.00701 e. The smallest absolute Gasteiger partial charge is 0.00701 e. The molecule has 160 valence electrons. The molecule has 0 saturated carbocycles. The van der Waals surface area contributed by atoms with E-state index in [0.717, 1.165) is 29.7 Å². The van der Waals surface area contributed by atoms with Gasteiger partial charge in [0, 0.05) is 19.1 Å². The van der Waals surface area contributed by atoms with Crippen molar-refractivity contribution < 1.29 is 0 Å². The topological polar surface area (TPSA) is 6.48 Å². The van der Waals surface area contributed by atoms with E-state index < -0.39 is 0 Å². The van der Waals surface area contributed by atoms with Gasteiger partial charge in [0.2, 0.25) is 0 Å². The van der Waals surface area contributed by atoms with Gasteiger partial charge in [0.05, 0.1) is 0 Å². The normalized spacial score (nSPS) is 28.7. The summed E-state index contributed by atoms with van der Waals surface area (Å²) >= 11 is 0. The molecule has 0 aromatic carbocycles. The van der Waals surface area contributed by atoms with Crippen LogP contribution in [0.15, 0.2) is 0 Å². The lowest BCUT2D eigenvalue weighted by atomic mass is 9.67. The standard InChI is InChI=1S/C25H50N2/c1-19(2)17-26-13-12-23(25(7,8)9)21(18-26)16-20(3)27-14-10-22(11-15-27)24(4,5)6/h19-23H,10-18H2,1-9H3. The summed E-state index contributed by atoms with van der Waals surface area (Å²) in [4.78, 5) is 5.57. The molecule has 2 aliphatic rings.